The van der Waals surface area contributed by atoms with E-state index in [1.807, 2.05) is 12.1 Å². The van der Waals surface area contributed by atoms with E-state index in [1.165, 1.54) is 11.3 Å². The van der Waals surface area contributed by atoms with Crippen molar-refractivity contribution in [2.75, 3.05) is 12.8 Å². The number of nitriles is 1. The Morgan fingerprint density at radius 3 is 2.73 bits per heavy atom. The van der Waals surface area contributed by atoms with Crippen LogP contribution in [0, 0.1) is 11.3 Å². The maximum Gasteiger partial charge on any atom is 0.198 e. The highest BCUT2D eigenvalue weighted by atomic mass is 35.5. The number of halogens is 1. The fraction of sp³-hybridized carbons (Fsp3) is 0.0556. The molecular weight excluding hydrogens is 370 g/mol. The molecule has 0 aliphatic carbocycles. The highest BCUT2D eigenvalue weighted by molar-refractivity contribution is 7.23. The number of rotatable bonds is 2. The molecule has 0 amide bonds. The van der Waals surface area contributed by atoms with Crippen LogP contribution < -0.4 is 16.0 Å². The summed E-state index contributed by atoms with van der Waals surface area (Å²) in [7, 11) is 1.60. The molecule has 0 spiro atoms. The van der Waals surface area contributed by atoms with Crippen molar-refractivity contribution < 1.29 is 4.74 Å². The van der Waals surface area contributed by atoms with Crippen molar-refractivity contribution in [1.82, 2.24) is 9.38 Å². The van der Waals surface area contributed by atoms with Gasteiger partial charge in [-0.1, -0.05) is 22.9 Å². The van der Waals surface area contributed by atoms with Crippen LogP contribution in [0.5, 0.6) is 5.75 Å². The summed E-state index contributed by atoms with van der Waals surface area (Å²) in [5, 5.41) is 10.2. The van der Waals surface area contributed by atoms with Crippen LogP contribution in [0.3, 0.4) is 0 Å². The number of hydrogen-bond acceptors (Lipinski definition) is 6. The monoisotopic (exact) mass is 381 g/mol. The van der Waals surface area contributed by atoms with Gasteiger partial charge in [0.15, 0.2) is 10.4 Å². The number of thiazole rings is 1. The second kappa shape index (κ2) is 6.33. The molecule has 0 bridgehead atoms. The van der Waals surface area contributed by atoms with Crippen LogP contribution in [0.25, 0.3) is 15.2 Å². The number of nitrogens with two attached hydrogens (primary N) is 1. The number of nitrogen functional groups attached to an aromatic ring is 1. The number of anilines is 1. The fourth-order valence-corrected chi connectivity index (χ4v) is 3.95. The Hall–Kier alpha value is -3.08. The average Bonchev–Trinajstić information content (AvgIpc) is 3.00. The van der Waals surface area contributed by atoms with Gasteiger partial charge in [0.25, 0.3) is 0 Å². The molecule has 0 saturated heterocycles. The third-order valence-corrected chi connectivity index (χ3v) is 5.14. The maximum absolute atomic E-state index is 9.59. The Bertz CT molecular complexity index is 1250. The summed E-state index contributed by atoms with van der Waals surface area (Å²) < 4.78 is 7.83. The van der Waals surface area contributed by atoms with Crippen LogP contribution in [0.15, 0.2) is 47.5 Å². The molecule has 0 radical (unpaired) electrons. The van der Waals surface area contributed by atoms with Crippen LogP contribution in [0.2, 0.25) is 5.02 Å². The van der Waals surface area contributed by atoms with Gasteiger partial charge in [0.05, 0.1) is 23.0 Å². The minimum atomic E-state index is 0.230. The third kappa shape index (κ3) is 2.65. The van der Waals surface area contributed by atoms with Gasteiger partial charge in [0.2, 0.25) is 0 Å². The molecule has 128 valence electrons. The van der Waals surface area contributed by atoms with Crippen LogP contribution in [0.1, 0.15) is 5.56 Å². The van der Waals surface area contributed by atoms with Gasteiger partial charge in [-0.05, 0) is 42.5 Å². The summed E-state index contributed by atoms with van der Waals surface area (Å²) in [5.41, 5.74) is 8.30. The number of fused-ring (bicyclic) bond motifs is 3. The first-order chi connectivity index (χ1) is 12.6. The first-order valence-corrected chi connectivity index (χ1v) is 8.79. The molecule has 0 unspecified atom stereocenters. The molecule has 2 heterocycles. The summed E-state index contributed by atoms with van der Waals surface area (Å²) in [6.45, 7) is 0. The molecule has 8 heteroatoms. The molecule has 4 rings (SSSR count). The SMILES string of the molecule is COc1ccc(N=c2nc3sc4cc(Cl)ccc4n3c(N)c2C#N)cc1. The van der Waals surface area contributed by atoms with Gasteiger partial charge in [0, 0.05) is 5.02 Å². The van der Waals surface area contributed by atoms with Gasteiger partial charge in [-0.25, -0.2) is 4.99 Å². The van der Waals surface area contributed by atoms with E-state index in [2.05, 4.69) is 16.0 Å². The molecule has 2 aromatic heterocycles. The lowest BCUT2D eigenvalue weighted by molar-refractivity contribution is 0.415. The second-order valence-corrected chi connectivity index (χ2v) is 6.89. The molecule has 0 fully saturated rings. The van der Waals surface area contributed by atoms with Crippen molar-refractivity contribution >= 4 is 49.6 Å². The largest absolute Gasteiger partial charge is 0.497 e. The minimum absolute atomic E-state index is 0.230. The highest BCUT2D eigenvalue weighted by Gasteiger charge is 2.14. The number of hydrogen-bond donors (Lipinski definition) is 1. The Kier molecular flexibility index (Phi) is 3.99. The standard InChI is InChI=1S/C18H12ClN5OS/c1-25-12-5-3-11(4-6-12)22-17-13(9-20)16(21)24-14-7-2-10(19)8-15(14)26-18(24)23-17/h2-8H,21H2,1H3. The predicted octanol–water partition coefficient (Wildman–Crippen LogP) is 3.90. The fourth-order valence-electron chi connectivity index (χ4n) is 2.65. The topological polar surface area (TPSA) is 88.7 Å². The van der Waals surface area contributed by atoms with Crippen molar-refractivity contribution in [3.05, 3.63) is 58.5 Å². The summed E-state index contributed by atoms with van der Waals surface area (Å²) >= 11 is 7.51. The molecule has 2 aromatic carbocycles. The molecular formula is C18H12ClN5OS. The summed E-state index contributed by atoms with van der Waals surface area (Å²) in [6.07, 6.45) is 0. The Morgan fingerprint density at radius 1 is 1.27 bits per heavy atom. The van der Waals surface area contributed by atoms with Gasteiger partial charge in [0.1, 0.15) is 23.2 Å². The zero-order chi connectivity index (χ0) is 18.3. The molecule has 26 heavy (non-hydrogen) atoms. The third-order valence-electron chi connectivity index (χ3n) is 3.90. The predicted molar refractivity (Wildman–Crippen MR) is 103 cm³/mol. The first-order valence-electron chi connectivity index (χ1n) is 7.60. The Morgan fingerprint density at radius 2 is 2.04 bits per heavy atom. The number of ether oxygens (including phenoxy) is 1. The molecule has 0 aliphatic heterocycles. The van der Waals surface area contributed by atoms with E-state index in [-0.39, 0.29) is 11.1 Å². The lowest BCUT2D eigenvalue weighted by Gasteiger charge is -2.04. The van der Waals surface area contributed by atoms with Crippen molar-refractivity contribution in [1.29, 1.82) is 5.26 Å². The molecule has 4 aromatic rings. The van der Waals surface area contributed by atoms with Crippen molar-refractivity contribution in [2.24, 2.45) is 4.99 Å². The van der Waals surface area contributed by atoms with E-state index in [9.17, 15) is 5.26 Å². The van der Waals surface area contributed by atoms with Crippen LogP contribution in [-0.4, -0.2) is 16.5 Å². The summed E-state index contributed by atoms with van der Waals surface area (Å²) in [6, 6.07) is 14.8. The lowest BCUT2D eigenvalue weighted by atomic mass is 10.3. The van der Waals surface area contributed by atoms with E-state index < -0.39 is 0 Å². The summed E-state index contributed by atoms with van der Waals surface area (Å²) in [5.74, 6) is 1.03. The number of benzene rings is 2. The normalized spacial score (nSPS) is 11.8. The molecule has 0 saturated carbocycles. The van der Waals surface area contributed by atoms with Gasteiger partial charge >= 0.3 is 0 Å². The molecule has 0 aliphatic rings. The number of aromatic nitrogens is 2. The van der Waals surface area contributed by atoms with Crippen molar-refractivity contribution in [3.63, 3.8) is 0 Å². The smallest absolute Gasteiger partial charge is 0.198 e. The van der Waals surface area contributed by atoms with Gasteiger partial charge in [-0.2, -0.15) is 10.2 Å². The van der Waals surface area contributed by atoms with Crippen molar-refractivity contribution in [2.45, 2.75) is 0 Å². The van der Waals surface area contributed by atoms with Gasteiger partial charge in [-0.15, -0.1) is 0 Å². The second-order valence-electron chi connectivity index (χ2n) is 5.45. The van der Waals surface area contributed by atoms with Gasteiger partial charge < -0.3 is 10.5 Å². The van der Waals surface area contributed by atoms with Crippen LogP contribution in [0.4, 0.5) is 11.5 Å². The van der Waals surface area contributed by atoms with E-state index in [0.29, 0.717) is 21.5 Å². The highest BCUT2D eigenvalue weighted by Crippen LogP contribution is 2.29. The van der Waals surface area contributed by atoms with E-state index in [4.69, 9.17) is 22.1 Å². The average molecular weight is 382 g/mol. The zero-order valence-electron chi connectivity index (χ0n) is 13.6. The van der Waals surface area contributed by atoms with Gasteiger partial charge in [-0.3, -0.25) is 4.40 Å². The molecule has 2 N–H and O–H groups in total. The van der Waals surface area contributed by atoms with E-state index in [0.717, 1.165) is 16.0 Å². The minimum Gasteiger partial charge on any atom is -0.497 e. The van der Waals surface area contributed by atoms with Crippen LogP contribution in [-0.2, 0) is 0 Å². The van der Waals surface area contributed by atoms with Crippen molar-refractivity contribution in [3.8, 4) is 11.8 Å². The van der Waals surface area contributed by atoms with Crippen LogP contribution >= 0.6 is 22.9 Å². The molecule has 6 nitrogen and oxygen atoms in total. The zero-order valence-corrected chi connectivity index (χ0v) is 15.2. The quantitative estimate of drug-likeness (QED) is 0.570. The number of nitrogens with zero attached hydrogens (tertiary/aromatic N) is 4. The number of methoxy groups -OCH3 is 1. The summed E-state index contributed by atoms with van der Waals surface area (Å²) in [4.78, 5) is 9.68. The lowest BCUT2D eigenvalue weighted by Crippen LogP contribution is -2.18. The Balaban J connectivity index is 2.01. The maximum atomic E-state index is 9.59. The molecule has 0 atom stereocenters. The van der Waals surface area contributed by atoms with E-state index >= 15 is 0 Å². The van der Waals surface area contributed by atoms with E-state index in [1.54, 1.807) is 41.8 Å². The Labute approximate surface area is 157 Å². The first kappa shape index (κ1) is 16.4.